The molecule has 0 bridgehead atoms. The zero-order chi connectivity index (χ0) is 17.4. The van der Waals surface area contributed by atoms with E-state index < -0.39 is 5.97 Å². The number of halogens is 2. The SMILES string of the molecule is O=C(CCCC(=O)Oc1cc(Cl)cc(Cl)c1)OCC1CCCCC1. The molecule has 0 heterocycles. The molecule has 1 aliphatic rings. The number of hydrogen-bond acceptors (Lipinski definition) is 4. The van der Waals surface area contributed by atoms with E-state index in [4.69, 9.17) is 32.7 Å². The molecule has 1 saturated carbocycles. The van der Waals surface area contributed by atoms with E-state index >= 15 is 0 Å². The lowest BCUT2D eigenvalue weighted by Crippen LogP contribution is -2.17. The standard InChI is InChI=1S/C18H22Cl2O4/c19-14-9-15(20)11-16(10-14)24-18(22)8-4-7-17(21)23-12-13-5-2-1-3-6-13/h9-11,13H,1-8,12H2. The molecular formula is C18H22Cl2O4. The van der Waals surface area contributed by atoms with Crippen molar-refractivity contribution >= 4 is 35.1 Å². The maximum atomic E-state index is 11.8. The predicted octanol–water partition coefficient (Wildman–Crippen LogP) is 5.19. The van der Waals surface area contributed by atoms with E-state index in [0.29, 0.717) is 34.7 Å². The normalized spacial score (nSPS) is 15.1. The van der Waals surface area contributed by atoms with Crippen LogP contribution in [0, 0.1) is 5.92 Å². The summed E-state index contributed by atoms with van der Waals surface area (Å²) in [6.45, 7) is 0.504. The van der Waals surface area contributed by atoms with Crippen LogP contribution < -0.4 is 4.74 Å². The van der Waals surface area contributed by atoms with Crippen molar-refractivity contribution in [3.8, 4) is 5.75 Å². The van der Waals surface area contributed by atoms with Crippen LogP contribution in [0.25, 0.3) is 0 Å². The Kier molecular flexibility index (Phi) is 7.86. The van der Waals surface area contributed by atoms with Gasteiger partial charge in [-0.2, -0.15) is 0 Å². The molecule has 0 aromatic heterocycles. The van der Waals surface area contributed by atoms with Gasteiger partial charge in [-0.25, -0.2) is 0 Å². The Bertz CT molecular complexity index is 548. The number of rotatable bonds is 7. The molecule has 0 radical (unpaired) electrons. The van der Waals surface area contributed by atoms with Crippen molar-refractivity contribution in [1.82, 2.24) is 0 Å². The highest BCUT2D eigenvalue weighted by atomic mass is 35.5. The predicted molar refractivity (Wildman–Crippen MR) is 93.5 cm³/mol. The molecule has 0 amide bonds. The van der Waals surface area contributed by atoms with Crippen molar-refractivity contribution < 1.29 is 19.1 Å². The first-order chi connectivity index (χ1) is 11.5. The molecule has 4 nitrogen and oxygen atoms in total. The molecule has 1 aromatic rings. The smallest absolute Gasteiger partial charge is 0.311 e. The lowest BCUT2D eigenvalue weighted by molar-refractivity contribution is -0.145. The topological polar surface area (TPSA) is 52.6 Å². The first-order valence-corrected chi connectivity index (χ1v) is 9.11. The quantitative estimate of drug-likeness (QED) is 0.487. The van der Waals surface area contributed by atoms with E-state index in [1.54, 1.807) is 6.07 Å². The van der Waals surface area contributed by atoms with Gasteiger partial charge in [-0.05, 0) is 43.4 Å². The molecule has 0 atom stereocenters. The van der Waals surface area contributed by atoms with E-state index in [-0.39, 0.29) is 18.8 Å². The Balaban J connectivity index is 1.62. The minimum atomic E-state index is -0.423. The number of esters is 2. The first-order valence-electron chi connectivity index (χ1n) is 8.35. The lowest BCUT2D eigenvalue weighted by atomic mass is 9.90. The fourth-order valence-corrected chi connectivity index (χ4v) is 3.29. The highest BCUT2D eigenvalue weighted by Crippen LogP contribution is 2.25. The summed E-state index contributed by atoms with van der Waals surface area (Å²) < 4.78 is 10.4. The van der Waals surface area contributed by atoms with Crippen molar-refractivity contribution in [2.24, 2.45) is 5.92 Å². The molecule has 1 fully saturated rings. The first kappa shape index (κ1) is 19.1. The maximum Gasteiger partial charge on any atom is 0.311 e. The van der Waals surface area contributed by atoms with Crippen molar-refractivity contribution in [2.75, 3.05) is 6.61 Å². The van der Waals surface area contributed by atoms with Crippen LogP contribution in [0.1, 0.15) is 51.4 Å². The third kappa shape index (κ3) is 7.10. The van der Waals surface area contributed by atoms with Gasteiger partial charge in [-0.1, -0.05) is 42.5 Å². The lowest BCUT2D eigenvalue weighted by Gasteiger charge is -2.20. The van der Waals surface area contributed by atoms with Crippen LogP contribution in [0.2, 0.25) is 10.0 Å². The van der Waals surface area contributed by atoms with Gasteiger partial charge in [0.05, 0.1) is 6.61 Å². The molecule has 0 N–H and O–H groups in total. The summed E-state index contributed by atoms with van der Waals surface area (Å²) in [7, 11) is 0. The maximum absolute atomic E-state index is 11.8. The summed E-state index contributed by atoms with van der Waals surface area (Å²) in [6.07, 6.45) is 6.77. The molecule has 1 aromatic carbocycles. The highest BCUT2D eigenvalue weighted by Gasteiger charge is 2.16. The Hall–Kier alpha value is -1.26. The van der Waals surface area contributed by atoms with Crippen LogP contribution in [0.5, 0.6) is 5.75 Å². The summed E-state index contributed by atoms with van der Waals surface area (Å²) in [5.74, 6) is 0.130. The number of ether oxygens (including phenoxy) is 2. The summed E-state index contributed by atoms with van der Waals surface area (Å²) in [5, 5.41) is 0.799. The fourth-order valence-electron chi connectivity index (χ4n) is 2.78. The fraction of sp³-hybridized carbons (Fsp3) is 0.556. The Morgan fingerprint density at radius 2 is 1.58 bits per heavy atom. The summed E-state index contributed by atoms with van der Waals surface area (Å²) >= 11 is 11.7. The zero-order valence-corrected chi connectivity index (χ0v) is 15.1. The summed E-state index contributed by atoms with van der Waals surface area (Å²) in [6, 6.07) is 4.59. The van der Waals surface area contributed by atoms with Gasteiger partial charge in [0.25, 0.3) is 0 Å². The number of benzene rings is 1. The van der Waals surface area contributed by atoms with Gasteiger partial charge < -0.3 is 9.47 Å². The van der Waals surface area contributed by atoms with Crippen molar-refractivity contribution in [1.29, 1.82) is 0 Å². The van der Waals surface area contributed by atoms with Gasteiger partial charge in [0.1, 0.15) is 5.75 Å². The average molecular weight is 373 g/mol. The minimum absolute atomic E-state index is 0.142. The Morgan fingerprint density at radius 3 is 2.25 bits per heavy atom. The van der Waals surface area contributed by atoms with Gasteiger partial charge in [-0.15, -0.1) is 0 Å². The second-order valence-electron chi connectivity index (χ2n) is 6.12. The molecule has 24 heavy (non-hydrogen) atoms. The zero-order valence-electron chi connectivity index (χ0n) is 13.6. The largest absolute Gasteiger partial charge is 0.465 e. The van der Waals surface area contributed by atoms with E-state index in [0.717, 1.165) is 12.8 Å². The number of carbonyl (C=O) groups excluding carboxylic acids is 2. The van der Waals surface area contributed by atoms with Crippen molar-refractivity contribution in [2.45, 2.75) is 51.4 Å². The number of carbonyl (C=O) groups is 2. The minimum Gasteiger partial charge on any atom is -0.465 e. The van der Waals surface area contributed by atoms with Crippen LogP contribution >= 0.6 is 23.2 Å². The monoisotopic (exact) mass is 372 g/mol. The summed E-state index contributed by atoms with van der Waals surface area (Å²) in [4.78, 5) is 23.5. The third-order valence-electron chi connectivity index (χ3n) is 4.03. The molecule has 0 unspecified atom stereocenters. The van der Waals surface area contributed by atoms with Gasteiger partial charge in [-0.3, -0.25) is 9.59 Å². The molecular weight excluding hydrogens is 351 g/mol. The van der Waals surface area contributed by atoms with E-state index in [2.05, 4.69) is 0 Å². The Labute approximate surface area is 152 Å². The second kappa shape index (κ2) is 9.90. The highest BCUT2D eigenvalue weighted by molar-refractivity contribution is 6.34. The molecule has 1 aliphatic carbocycles. The van der Waals surface area contributed by atoms with Crippen LogP contribution in [0.4, 0.5) is 0 Å². The molecule has 6 heteroatoms. The van der Waals surface area contributed by atoms with Crippen LogP contribution in [-0.4, -0.2) is 18.5 Å². The third-order valence-corrected chi connectivity index (χ3v) is 4.47. The molecule has 0 aliphatic heterocycles. The van der Waals surface area contributed by atoms with E-state index in [9.17, 15) is 9.59 Å². The van der Waals surface area contributed by atoms with Gasteiger partial charge in [0.15, 0.2) is 0 Å². The van der Waals surface area contributed by atoms with Gasteiger partial charge in [0, 0.05) is 22.9 Å². The molecule has 0 spiro atoms. The van der Waals surface area contributed by atoms with Crippen LogP contribution in [0.15, 0.2) is 18.2 Å². The van der Waals surface area contributed by atoms with E-state index in [1.807, 2.05) is 0 Å². The molecule has 2 rings (SSSR count). The summed E-state index contributed by atoms with van der Waals surface area (Å²) in [5.41, 5.74) is 0. The van der Waals surface area contributed by atoms with Crippen LogP contribution in [0.3, 0.4) is 0 Å². The van der Waals surface area contributed by atoms with Gasteiger partial charge >= 0.3 is 11.9 Å². The van der Waals surface area contributed by atoms with Gasteiger partial charge in [0.2, 0.25) is 0 Å². The van der Waals surface area contributed by atoms with Crippen LogP contribution in [-0.2, 0) is 14.3 Å². The average Bonchev–Trinajstić information content (AvgIpc) is 2.53. The van der Waals surface area contributed by atoms with E-state index in [1.165, 1.54) is 31.4 Å². The van der Waals surface area contributed by atoms with Crippen molar-refractivity contribution in [3.63, 3.8) is 0 Å². The Morgan fingerprint density at radius 1 is 0.958 bits per heavy atom. The molecule has 132 valence electrons. The van der Waals surface area contributed by atoms with Crippen molar-refractivity contribution in [3.05, 3.63) is 28.2 Å². The second-order valence-corrected chi connectivity index (χ2v) is 6.99. The number of hydrogen-bond donors (Lipinski definition) is 0. The molecule has 0 saturated heterocycles.